The number of carbonyl (C=O) groups is 1. The second-order valence-electron chi connectivity index (χ2n) is 4.34. The van der Waals surface area contributed by atoms with E-state index in [1.165, 1.54) is 18.2 Å². The van der Waals surface area contributed by atoms with Crippen LogP contribution < -0.4 is 11.1 Å². The molecule has 0 spiro atoms. The highest BCUT2D eigenvalue weighted by Crippen LogP contribution is 2.23. The molecule has 0 bridgehead atoms. The minimum atomic E-state index is -0.559. The molecular weight excluding hydrogens is 275 g/mol. The lowest BCUT2D eigenvalue weighted by Gasteiger charge is -2.17. The number of hydrogen-bond donors (Lipinski definition) is 2. The van der Waals surface area contributed by atoms with Crippen LogP contribution in [0.3, 0.4) is 0 Å². The van der Waals surface area contributed by atoms with Crippen LogP contribution in [-0.4, -0.2) is 11.4 Å². The third-order valence-electron chi connectivity index (χ3n) is 1.82. The molecule has 0 aliphatic heterocycles. The van der Waals surface area contributed by atoms with Gasteiger partial charge in [0.25, 0.3) is 0 Å². The summed E-state index contributed by atoms with van der Waals surface area (Å²) < 4.78 is 13.3. The van der Waals surface area contributed by atoms with Crippen LogP contribution in [0.4, 0.5) is 10.1 Å². The van der Waals surface area contributed by atoms with Crippen LogP contribution in [0.1, 0.15) is 20.3 Å². The molecule has 88 valence electrons. The van der Waals surface area contributed by atoms with Gasteiger partial charge in [-0.1, -0.05) is 0 Å². The highest BCUT2D eigenvalue weighted by molar-refractivity contribution is 9.10. The highest BCUT2D eigenvalue weighted by Gasteiger charge is 2.17. The van der Waals surface area contributed by atoms with Gasteiger partial charge in [-0.15, -0.1) is 0 Å². The van der Waals surface area contributed by atoms with Gasteiger partial charge in [0.1, 0.15) is 5.82 Å². The van der Waals surface area contributed by atoms with E-state index in [4.69, 9.17) is 5.73 Å². The van der Waals surface area contributed by atoms with Gasteiger partial charge < -0.3 is 11.1 Å². The summed E-state index contributed by atoms with van der Waals surface area (Å²) in [6.45, 7) is 3.54. The first-order valence-electron chi connectivity index (χ1n) is 4.82. The number of halogens is 2. The smallest absolute Gasteiger partial charge is 0.226 e. The number of benzene rings is 1. The average molecular weight is 289 g/mol. The van der Waals surface area contributed by atoms with Crippen LogP contribution in [-0.2, 0) is 4.79 Å². The molecule has 0 aromatic heterocycles. The van der Waals surface area contributed by atoms with E-state index in [2.05, 4.69) is 21.2 Å². The fourth-order valence-corrected chi connectivity index (χ4v) is 1.65. The lowest BCUT2D eigenvalue weighted by molar-refractivity contribution is -0.117. The van der Waals surface area contributed by atoms with Crippen LogP contribution in [0, 0.1) is 5.82 Å². The third kappa shape index (κ3) is 4.28. The lowest BCUT2D eigenvalue weighted by atomic mass is 10.0. The standard InChI is InChI=1S/C11H14BrFN2O/c1-11(2,14)6-10(16)15-9-4-3-7(13)5-8(9)12/h3-5H,6,14H2,1-2H3,(H,15,16). The molecule has 3 N–H and O–H groups in total. The van der Waals surface area contributed by atoms with Crippen molar-refractivity contribution in [3.8, 4) is 0 Å². The molecule has 1 amide bonds. The maximum Gasteiger partial charge on any atom is 0.226 e. The van der Waals surface area contributed by atoms with Crippen LogP contribution in [0.2, 0.25) is 0 Å². The summed E-state index contributed by atoms with van der Waals surface area (Å²) >= 11 is 3.17. The van der Waals surface area contributed by atoms with E-state index >= 15 is 0 Å². The minimum Gasteiger partial charge on any atom is -0.325 e. The molecule has 0 radical (unpaired) electrons. The predicted octanol–water partition coefficient (Wildman–Crippen LogP) is 2.65. The second-order valence-corrected chi connectivity index (χ2v) is 5.19. The van der Waals surface area contributed by atoms with E-state index in [1.54, 1.807) is 13.8 Å². The topological polar surface area (TPSA) is 55.1 Å². The summed E-state index contributed by atoms with van der Waals surface area (Å²) in [7, 11) is 0. The fourth-order valence-electron chi connectivity index (χ4n) is 1.20. The fraction of sp³-hybridized carbons (Fsp3) is 0.364. The lowest BCUT2D eigenvalue weighted by Crippen LogP contribution is -2.36. The van der Waals surface area contributed by atoms with Crippen LogP contribution >= 0.6 is 15.9 Å². The Hall–Kier alpha value is -0.940. The molecule has 0 aliphatic rings. The third-order valence-corrected chi connectivity index (χ3v) is 2.48. The first-order valence-corrected chi connectivity index (χ1v) is 5.61. The predicted molar refractivity (Wildman–Crippen MR) is 65.6 cm³/mol. The largest absolute Gasteiger partial charge is 0.325 e. The first kappa shape index (κ1) is 13.1. The van der Waals surface area contributed by atoms with Crippen molar-refractivity contribution in [2.75, 3.05) is 5.32 Å². The van der Waals surface area contributed by atoms with Crippen molar-refractivity contribution in [1.82, 2.24) is 0 Å². The van der Waals surface area contributed by atoms with Crippen molar-refractivity contribution < 1.29 is 9.18 Å². The van der Waals surface area contributed by atoms with E-state index in [0.717, 1.165) is 0 Å². The maximum atomic E-state index is 12.8. The summed E-state index contributed by atoms with van der Waals surface area (Å²) in [6, 6.07) is 4.08. The van der Waals surface area contributed by atoms with Crippen molar-refractivity contribution in [1.29, 1.82) is 0 Å². The number of rotatable bonds is 3. The Bertz CT molecular complexity index is 401. The Morgan fingerprint density at radius 2 is 2.19 bits per heavy atom. The number of anilines is 1. The summed E-state index contributed by atoms with van der Waals surface area (Å²) in [4.78, 5) is 11.6. The van der Waals surface area contributed by atoms with E-state index < -0.39 is 5.54 Å². The zero-order chi connectivity index (χ0) is 12.3. The molecule has 3 nitrogen and oxygen atoms in total. The monoisotopic (exact) mass is 288 g/mol. The molecule has 0 unspecified atom stereocenters. The number of carbonyl (C=O) groups excluding carboxylic acids is 1. The van der Waals surface area contributed by atoms with Gasteiger partial charge in [-0.2, -0.15) is 0 Å². The molecule has 0 heterocycles. The van der Waals surface area contributed by atoms with Crippen molar-refractivity contribution >= 4 is 27.5 Å². The SMILES string of the molecule is CC(C)(N)CC(=O)Nc1ccc(F)cc1Br. The molecule has 1 aromatic carbocycles. The summed E-state index contributed by atoms with van der Waals surface area (Å²) in [5, 5.41) is 2.66. The number of nitrogens with one attached hydrogen (secondary N) is 1. The van der Waals surface area contributed by atoms with Crippen molar-refractivity contribution in [2.45, 2.75) is 25.8 Å². The second kappa shape index (κ2) is 4.93. The van der Waals surface area contributed by atoms with Gasteiger partial charge in [0.15, 0.2) is 0 Å². The zero-order valence-electron chi connectivity index (χ0n) is 9.18. The highest BCUT2D eigenvalue weighted by atomic mass is 79.9. The Morgan fingerprint density at radius 3 is 2.69 bits per heavy atom. The molecule has 0 atom stereocenters. The Balaban J connectivity index is 2.70. The van der Waals surface area contributed by atoms with Gasteiger partial charge in [0.2, 0.25) is 5.91 Å². The molecule has 0 saturated carbocycles. The van der Waals surface area contributed by atoms with Gasteiger partial charge in [0.05, 0.1) is 5.69 Å². The van der Waals surface area contributed by atoms with Crippen LogP contribution in [0.5, 0.6) is 0 Å². The zero-order valence-corrected chi connectivity index (χ0v) is 10.8. The maximum absolute atomic E-state index is 12.8. The van der Waals surface area contributed by atoms with E-state index in [1.807, 2.05) is 0 Å². The van der Waals surface area contributed by atoms with Crippen LogP contribution in [0.25, 0.3) is 0 Å². The van der Waals surface area contributed by atoms with Gasteiger partial charge in [-0.05, 0) is 48.0 Å². The van der Waals surface area contributed by atoms with Crippen molar-refractivity contribution in [2.24, 2.45) is 5.73 Å². The molecular formula is C11H14BrFN2O. The minimum absolute atomic E-state index is 0.195. The van der Waals surface area contributed by atoms with Crippen molar-refractivity contribution in [3.05, 3.63) is 28.5 Å². The molecule has 0 saturated heterocycles. The van der Waals surface area contributed by atoms with Gasteiger partial charge in [-0.3, -0.25) is 4.79 Å². The average Bonchev–Trinajstić information content (AvgIpc) is 2.06. The Kier molecular flexibility index (Phi) is 4.04. The molecule has 16 heavy (non-hydrogen) atoms. The Labute approximate surface area is 102 Å². The molecule has 0 fully saturated rings. The quantitative estimate of drug-likeness (QED) is 0.898. The van der Waals surface area contributed by atoms with Crippen molar-refractivity contribution in [3.63, 3.8) is 0 Å². The summed E-state index contributed by atoms with van der Waals surface area (Å²) in [6.07, 6.45) is 0.205. The number of hydrogen-bond acceptors (Lipinski definition) is 2. The summed E-state index contributed by atoms with van der Waals surface area (Å²) in [5.41, 5.74) is 5.70. The molecule has 5 heteroatoms. The van der Waals surface area contributed by atoms with Crippen LogP contribution in [0.15, 0.2) is 22.7 Å². The first-order chi connectivity index (χ1) is 7.28. The van der Waals surface area contributed by atoms with E-state index in [0.29, 0.717) is 10.2 Å². The molecule has 1 rings (SSSR count). The Morgan fingerprint density at radius 1 is 1.56 bits per heavy atom. The molecule has 0 aliphatic carbocycles. The van der Waals surface area contributed by atoms with Gasteiger partial charge in [-0.25, -0.2) is 4.39 Å². The van der Waals surface area contributed by atoms with Gasteiger partial charge in [0, 0.05) is 16.4 Å². The number of nitrogens with two attached hydrogens (primary N) is 1. The van der Waals surface area contributed by atoms with E-state index in [-0.39, 0.29) is 18.1 Å². The number of amides is 1. The van der Waals surface area contributed by atoms with Gasteiger partial charge >= 0.3 is 0 Å². The van der Waals surface area contributed by atoms with E-state index in [9.17, 15) is 9.18 Å². The molecule has 1 aromatic rings. The normalized spacial score (nSPS) is 11.3. The summed E-state index contributed by atoms with van der Waals surface area (Å²) in [5.74, 6) is -0.552.